The van der Waals surface area contributed by atoms with Crippen molar-refractivity contribution in [2.45, 2.75) is 238 Å². The van der Waals surface area contributed by atoms with Crippen molar-refractivity contribution >= 4 is 11.9 Å². The third-order valence-electron chi connectivity index (χ3n) is 10.9. The molecule has 0 aliphatic carbocycles. The van der Waals surface area contributed by atoms with Gasteiger partial charge in [-0.05, 0) is 96.3 Å². The molecular weight excluding hydrogens is 765 g/mol. The van der Waals surface area contributed by atoms with Crippen molar-refractivity contribution in [3.63, 3.8) is 0 Å². The zero-order valence-electron chi connectivity index (χ0n) is 40.4. The highest BCUT2D eigenvalue weighted by atomic mass is 16.6. The summed E-state index contributed by atoms with van der Waals surface area (Å²) in [6.07, 6.45) is 73.5. The second kappa shape index (κ2) is 52.2. The lowest BCUT2D eigenvalue weighted by molar-refractivity contribution is -0.161. The first kappa shape index (κ1) is 58.8. The quantitative estimate of drug-likeness (QED) is 0.0375. The van der Waals surface area contributed by atoms with Crippen molar-refractivity contribution in [1.82, 2.24) is 0 Å². The first-order chi connectivity index (χ1) is 30.6. The van der Waals surface area contributed by atoms with Crippen LogP contribution in [-0.4, -0.2) is 36.4 Å². The topological polar surface area (TPSA) is 72.8 Å². The standard InChI is InChI=1S/C57H96O5/c1-3-5-7-9-11-13-15-17-19-21-23-25-27-28-30-32-34-36-38-40-42-44-46-48-50-52-57(60)62-55(53-58)54-61-56(59)51-49-47-45-43-41-39-37-35-33-31-29-26-24-22-20-18-16-14-12-10-8-6-4-2/h5,7,11,13,16-19,22-25,28-31,55,58H,3-4,6,8-10,12,14-15,20-21,26-27,32-54H2,1-2H3/b7-5-,13-11-,18-16-,19-17-,24-22-,25-23-,30-28-,31-29-. The van der Waals surface area contributed by atoms with Crippen molar-refractivity contribution in [1.29, 1.82) is 0 Å². The molecule has 1 N–H and O–H groups in total. The molecule has 0 aromatic carbocycles. The molecule has 0 heterocycles. The Morgan fingerprint density at radius 1 is 0.387 bits per heavy atom. The van der Waals surface area contributed by atoms with Gasteiger partial charge in [0.05, 0.1) is 6.61 Å². The molecule has 0 aliphatic heterocycles. The Morgan fingerprint density at radius 3 is 1.05 bits per heavy atom. The number of unbranched alkanes of at least 4 members (excludes halogenated alkanes) is 22. The summed E-state index contributed by atoms with van der Waals surface area (Å²) >= 11 is 0. The summed E-state index contributed by atoms with van der Waals surface area (Å²) in [5.41, 5.74) is 0. The average molecular weight is 861 g/mol. The van der Waals surface area contributed by atoms with E-state index in [-0.39, 0.29) is 25.2 Å². The fraction of sp³-hybridized carbons (Fsp3) is 0.684. The summed E-state index contributed by atoms with van der Waals surface area (Å²) in [7, 11) is 0. The minimum Gasteiger partial charge on any atom is -0.462 e. The van der Waals surface area contributed by atoms with Crippen LogP contribution in [0.25, 0.3) is 0 Å². The number of esters is 2. The maximum atomic E-state index is 12.3. The van der Waals surface area contributed by atoms with E-state index in [1.165, 1.54) is 122 Å². The SMILES string of the molecule is CC/C=C\C/C=C\C/C=C\C/C=C\C/C=C\CCCCCCCCCCCC(=O)OC(CO)COC(=O)CCCCCCCCCC/C=C\C/C=C\C/C=C\CCCCCCC. The van der Waals surface area contributed by atoms with Gasteiger partial charge in [0.1, 0.15) is 6.61 Å². The van der Waals surface area contributed by atoms with E-state index in [4.69, 9.17) is 9.47 Å². The number of aliphatic hydroxyl groups is 1. The zero-order chi connectivity index (χ0) is 44.9. The number of rotatable bonds is 46. The lowest BCUT2D eigenvalue weighted by Crippen LogP contribution is -2.28. The maximum absolute atomic E-state index is 12.3. The fourth-order valence-corrected chi connectivity index (χ4v) is 7.00. The molecule has 1 unspecified atom stereocenters. The van der Waals surface area contributed by atoms with E-state index in [2.05, 4.69) is 111 Å². The Hall–Kier alpha value is -3.18. The van der Waals surface area contributed by atoms with Gasteiger partial charge in [-0.3, -0.25) is 9.59 Å². The smallest absolute Gasteiger partial charge is 0.306 e. The lowest BCUT2D eigenvalue weighted by Gasteiger charge is -2.15. The number of carbonyl (C=O) groups is 2. The van der Waals surface area contributed by atoms with Gasteiger partial charge in [-0.25, -0.2) is 0 Å². The van der Waals surface area contributed by atoms with Gasteiger partial charge >= 0.3 is 11.9 Å². The predicted molar refractivity (Wildman–Crippen MR) is 269 cm³/mol. The van der Waals surface area contributed by atoms with Crippen LogP contribution in [-0.2, 0) is 19.1 Å². The van der Waals surface area contributed by atoms with E-state index < -0.39 is 6.10 Å². The van der Waals surface area contributed by atoms with Gasteiger partial charge in [-0.15, -0.1) is 0 Å². The molecule has 0 fully saturated rings. The van der Waals surface area contributed by atoms with Crippen LogP contribution in [0.1, 0.15) is 232 Å². The monoisotopic (exact) mass is 861 g/mol. The van der Waals surface area contributed by atoms with Crippen LogP contribution in [0.5, 0.6) is 0 Å². The predicted octanol–water partition coefficient (Wildman–Crippen LogP) is 17.2. The van der Waals surface area contributed by atoms with E-state index in [1.54, 1.807) is 0 Å². The van der Waals surface area contributed by atoms with Crippen LogP contribution < -0.4 is 0 Å². The summed E-state index contributed by atoms with van der Waals surface area (Å²) in [6.45, 7) is 4.01. The largest absolute Gasteiger partial charge is 0.462 e. The van der Waals surface area contributed by atoms with Gasteiger partial charge in [-0.1, -0.05) is 220 Å². The molecule has 62 heavy (non-hydrogen) atoms. The first-order valence-electron chi connectivity index (χ1n) is 25.8. The molecule has 0 amide bonds. The number of allylic oxidation sites excluding steroid dienone is 16. The van der Waals surface area contributed by atoms with Crippen molar-refractivity contribution in [3.05, 3.63) is 97.2 Å². The number of hydrogen-bond acceptors (Lipinski definition) is 5. The fourth-order valence-electron chi connectivity index (χ4n) is 7.00. The average Bonchev–Trinajstić information content (AvgIpc) is 3.28. The summed E-state index contributed by atoms with van der Waals surface area (Å²) in [4.78, 5) is 24.5. The summed E-state index contributed by atoms with van der Waals surface area (Å²) < 4.78 is 10.7. The van der Waals surface area contributed by atoms with E-state index >= 15 is 0 Å². The zero-order valence-corrected chi connectivity index (χ0v) is 40.4. The molecule has 0 bridgehead atoms. The second-order valence-electron chi connectivity index (χ2n) is 16.9. The van der Waals surface area contributed by atoms with Crippen molar-refractivity contribution in [2.24, 2.45) is 0 Å². The molecule has 0 rings (SSSR count). The van der Waals surface area contributed by atoms with Gasteiger partial charge < -0.3 is 14.6 Å². The lowest BCUT2D eigenvalue weighted by atomic mass is 10.1. The van der Waals surface area contributed by atoms with Crippen molar-refractivity contribution in [2.75, 3.05) is 13.2 Å². The summed E-state index contributed by atoms with van der Waals surface area (Å²) in [5.74, 6) is -0.608. The number of carbonyl (C=O) groups excluding carboxylic acids is 2. The highest BCUT2D eigenvalue weighted by molar-refractivity contribution is 5.70. The van der Waals surface area contributed by atoms with Crippen molar-refractivity contribution < 1.29 is 24.2 Å². The summed E-state index contributed by atoms with van der Waals surface area (Å²) in [5, 5.41) is 9.63. The van der Waals surface area contributed by atoms with Gasteiger partial charge in [0.2, 0.25) is 0 Å². The van der Waals surface area contributed by atoms with Gasteiger partial charge in [0, 0.05) is 12.8 Å². The van der Waals surface area contributed by atoms with Crippen LogP contribution in [0.2, 0.25) is 0 Å². The highest BCUT2D eigenvalue weighted by Crippen LogP contribution is 2.14. The minimum atomic E-state index is -0.785. The third-order valence-corrected chi connectivity index (χ3v) is 10.9. The molecule has 0 aliphatic rings. The van der Waals surface area contributed by atoms with Crippen molar-refractivity contribution in [3.8, 4) is 0 Å². The van der Waals surface area contributed by atoms with Gasteiger partial charge in [0.15, 0.2) is 6.10 Å². The molecule has 354 valence electrons. The van der Waals surface area contributed by atoms with Crippen LogP contribution >= 0.6 is 0 Å². The maximum Gasteiger partial charge on any atom is 0.306 e. The molecule has 5 nitrogen and oxygen atoms in total. The van der Waals surface area contributed by atoms with E-state index in [9.17, 15) is 14.7 Å². The van der Waals surface area contributed by atoms with E-state index in [0.717, 1.165) is 83.5 Å². The number of ether oxygens (including phenoxy) is 2. The Labute approximate surface area is 383 Å². The highest BCUT2D eigenvalue weighted by Gasteiger charge is 2.16. The van der Waals surface area contributed by atoms with E-state index in [1.807, 2.05) is 0 Å². The Bertz CT molecular complexity index is 1200. The Morgan fingerprint density at radius 2 is 0.694 bits per heavy atom. The minimum absolute atomic E-state index is 0.0771. The molecule has 0 spiro atoms. The Balaban J connectivity index is 3.57. The number of hydrogen-bond donors (Lipinski definition) is 1. The second-order valence-corrected chi connectivity index (χ2v) is 16.9. The third kappa shape index (κ3) is 49.5. The normalized spacial score (nSPS) is 13.0. The number of aliphatic hydroxyl groups excluding tert-OH is 1. The molecule has 1 atom stereocenters. The van der Waals surface area contributed by atoms with Crippen LogP contribution in [0.15, 0.2) is 97.2 Å². The Kier molecular flexibility index (Phi) is 49.5. The molecule has 0 radical (unpaired) electrons. The molecule has 0 saturated carbocycles. The van der Waals surface area contributed by atoms with Crippen LogP contribution in [0, 0.1) is 0 Å². The molecule has 5 heteroatoms. The van der Waals surface area contributed by atoms with Gasteiger partial charge in [-0.2, -0.15) is 0 Å². The van der Waals surface area contributed by atoms with Crippen LogP contribution in [0.4, 0.5) is 0 Å². The molecule has 0 aromatic rings. The molecular formula is C57H96O5. The summed E-state index contributed by atoms with van der Waals surface area (Å²) in [6, 6.07) is 0. The molecule has 0 aromatic heterocycles. The molecule has 0 saturated heterocycles. The van der Waals surface area contributed by atoms with Crippen LogP contribution in [0.3, 0.4) is 0 Å². The van der Waals surface area contributed by atoms with E-state index in [0.29, 0.717) is 12.8 Å². The first-order valence-corrected chi connectivity index (χ1v) is 25.8. The van der Waals surface area contributed by atoms with Gasteiger partial charge in [0.25, 0.3) is 0 Å².